The number of amides is 2. The van der Waals surface area contributed by atoms with Crippen LogP contribution in [0, 0.1) is 0 Å². The lowest BCUT2D eigenvalue weighted by atomic mass is 10.1. The van der Waals surface area contributed by atoms with Crippen molar-refractivity contribution < 1.29 is 14.7 Å². The Morgan fingerprint density at radius 3 is 2.79 bits per heavy atom. The summed E-state index contributed by atoms with van der Waals surface area (Å²) in [5, 5.41) is 19.4. The molecule has 8 nitrogen and oxygen atoms in total. The molecule has 1 aliphatic rings. The number of piperidine rings is 1. The van der Waals surface area contributed by atoms with Crippen LogP contribution in [-0.2, 0) is 16.1 Å². The van der Waals surface area contributed by atoms with Crippen LogP contribution in [0.15, 0.2) is 6.20 Å². The summed E-state index contributed by atoms with van der Waals surface area (Å²) in [4.78, 5) is 24.5. The third-order valence-electron chi connectivity index (χ3n) is 2.96. The Morgan fingerprint density at radius 2 is 2.16 bits per heavy atom. The average Bonchev–Trinajstić information content (AvgIpc) is 2.76. The maximum absolute atomic E-state index is 12.0. The van der Waals surface area contributed by atoms with Gasteiger partial charge in [0.1, 0.15) is 6.54 Å². The van der Waals surface area contributed by atoms with Gasteiger partial charge in [0.25, 0.3) is 0 Å². The van der Waals surface area contributed by atoms with E-state index in [1.54, 1.807) is 4.90 Å². The highest BCUT2D eigenvalue weighted by Gasteiger charge is 2.21. The molecule has 0 spiro atoms. The third-order valence-corrected chi connectivity index (χ3v) is 2.96. The van der Waals surface area contributed by atoms with Crippen LogP contribution in [-0.4, -0.2) is 56.0 Å². The normalized spacial score (nSPS) is 16.4. The number of aliphatic hydroxyl groups is 1. The van der Waals surface area contributed by atoms with E-state index >= 15 is 0 Å². The van der Waals surface area contributed by atoms with Gasteiger partial charge in [0.05, 0.1) is 12.3 Å². The number of aliphatic hydroxyl groups excluding tert-OH is 1. The van der Waals surface area contributed by atoms with E-state index in [0.717, 1.165) is 0 Å². The molecule has 1 fully saturated rings. The van der Waals surface area contributed by atoms with Crippen molar-refractivity contribution in [3.63, 3.8) is 0 Å². The van der Waals surface area contributed by atoms with E-state index in [-0.39, 0.29) is 24.5 Å². The fourth-order valence-corrected chi connectivity index (χ4v) is 1.97. The Balaban J connectivity index is 1.88. The van der Waals surface area contributed by atoms with Crippen LogP contribution in [0.3, 0.4) is 0 Å². The number of aromatic nitrogens is 3. The topological polar surface area (TPSA) is 100 Å². The highest BCUT2D eigenvalue weighted by Crippen LogP contribution is 2.10. The Kier molecular flexibility index (Phi) is 4.10. The van der Waals surface area contributed by atoms with E-state index in [0.29, 0.717) is 31.7 Å². The molecule has 0 aliphatic carbocycles. The molecule has 0 bridgehead atoms. The Morgan fingerprint density at radius 1 is 1.47 bits per heavy atom. The maximum Gasteiger partial charge on any atom is 0.244 e. The SMILES string of the molecule is CC(=O)Nc1cn(CC(=O)N2CCC(O)CC2)nn1. The van der Waals surface area contributed by atoms with Crippen molar-refractivity contribution in [3.8, 4) is 0 Å². The summed E-state index contributed by atoms with van der Waals surface area (Å²) in [7, 11) is 0. The van der Waals surface area contributed by atoms with Crippen molar-refractivity contribution in [2.75, 3.05) is 18.4 Å². The average molecular weight is 267 g/mol. The molecule has 2 rings (SSSR count). The van der Waals surface area contributed by atoms with Crippen LogP contribution in [0.4, 0.5) is 5.82 Å². The molecule has 0 atom stereocenters. The van der Waals surface area contributed by atoms with Gasteiger partial charge in [-0.25, -0.2) is 4.68 Å². The minimum Gasteiger partial charge on any atom is -0.393 e. The second kappa shape index (κ2) is 5.79. The molecule has 0 unspecified atom stereocenters. The first-order chi connectivity index (χ1) is 9.04. The zero-order valence-corrected chi connectivity index (χ0v) is 10.7. The number of carbonyl (C=O) groups excluding carboxylic acids is 2. The van der Waals surface area contributed by atoms with Crippen LogP contribution >= 0.6 is 0 Å². The van der Waals surface area contributed by atoms with Gasteiger partial charge in [0.2, 0.25) is 11.8 Å². The highest BCUT2D eigenvalue weighted by molar-refractivity contribution is 5.87. The summed E-state index contributed by atoms with van der Waals surface area (Å²) >= 11 is 0. The van der Waals surface area contributed by atoms with E-state index in [2.05, 4.69) is 15.6 Å². The quantitative estimate of drug-likeness (QED) is 0.748. The molecule has 0 saturated carbocycles. The molecule has 0 aromatic carbocycles. The summed E-state index contributed by atoms with van der Waals surface area (Å²) in [6, 6.07) is 0. The van der Waals surface area contributed by atoms with Gasteiger partial charge in [-0.15, -0.1) is 5.10 Å². The first-order valence-electron chi connectivity index (χ1n) is 6.18. The largest absolute Gasteiger partial charge is 0.393 e. The summed E-state index contributed by atoms with van der Waals surface area (Å²) in [6.45, 7) is 2.59. The summed E-state index contributed by atoms with van der Waals surface area (Å²) < 4.78 is 1.39. The van der Waals surface area contributed by atoms with E-state index in [1.807, 2.05) is 0 Å². The number of carbonyl (C=O) groups is 2. The monoisotopic (exact) mass is 267 g/mol. The van der Waals surface area contributed by atoms with Crippen molar-refractivity contribution in [1.29, 1.82) is 0 Å². The van der Waals surface area contributed by atoms with Crippen LogP contribution in [0.5, 0.6) is 0 Å². The first-order valence-corrected chi connectivity index (χ1v) is 6.18. The molecule has 1 saturated heterocycles. The standard InChI is InChI=1S/C11H17N5O3/c1-8(17)12-10-6-16(14-13-10)7-11(19)15-4-2-9(18)3-5-15/h6,9,18H,2-5,7H2,1H3,(H,12,17). The molecule has 2 heterocycles. The van der Waals surface area contributed by atoms with Gasteiger partial charge in [-0.1, -0.05) is 5.21 Å². The number of anilines is 1. The fourth-order valence-electron chi connectivity index (χ4n) is 1.97. The number of rotatable bonds is 3. The van der Waals surface area contributed by atoms with Crippen LogP contribution in [0.2, 0.25) is 0 Å². The minimum absolute atomic E-state index is 0.0637. The molecule has 19 heavy (non-hydrogen) atoms. The second-order valence-electron chi connectivity index (χ2n) is 4.59. The van der Waals surface area contributed by atoms with E-state index < -0.39 is 0 Å². The number of nitrogens with one attached hydrogen (secondary N) is 1. The van der Waals surface area contributed by atoms with Crippen LogP contribution in [0.25, 0.3) is 0 Å². The number of nitrogens with zero attached hydrogens (tertiary/aromatic N) is 4. The predicted molar refractivity (Wildman–Crippen MR) is 66.1 cm³/mol. The lowest BCUT2D eigenvalue weighted by Crippen LogP contribution is -2.41. The molecule has 1 aromatic heterocycles. The lowest BCUT2D eigenvalue weighted by molar-refractivity contribution is -0.134. The Labute approximate surface area is 110 Å². The number of likely N-dealkylation sites (tertiary alicyclic amines) is 1. The second-order valence-corrected chi connectivity index (χ2v) is 4.59. The lowest BCUT2D eigenvalue weighted by Gasteiger charge is -2.29. The molecular formula is C11H17N5O3. The van der Waals surface area contributed by atoms with Gasteiger partial charge < -0.3 is 15.3 Å². The van der Waals surface area contributed by atoms with Crippen LogP contribution in [0.1, 0.15) is 19.8 Å². The number of hydrogen-bond donors (Lipinski definition) is 2. The van der Waals surface area contributed by atoms with Crippen molar-refractivity contribution in [1.82, 2.24) is 19.9 Å². The van der Waals surface area contributed by atoms with Gasteiger partial charge in [-0.2, -0.15) is 0 Å². The zero-order chi connectivity index (χ0) is 13.8. The molecular weight excluding hydrogens is 250 g/mol. The smallest absolute Gasteiger partial charge is 0.244 e. The Bertz CT molecular complexity index is 465. The van der Waals surface area contributed by atoms with Crippen molar-refractivity contribution in [2.45, 2.75) is 32.4 Å². The molecule has 8 heteroatoms. The molecule has 1 aliphatic heterocycles. The van der Waals surface area contributed by atoms with Crippen molar-refractivity contribution in [3.05, 3.63) is 6.20 Å². The zero-order valence-electron chi connectivity index (χ0n) is 10.7. The van der Waals surface area contributed by atoms with Crippen LogP contribution < -0.4 is 5.32 Å². The third kappa shape index (κ3) is 3.75. The van der Waals surface area contributed by atoms with Gasteiger partial charge in [-0.3, -0.25) is 9.59 Å². The minimum atomic E-state index is -0.304. The molecule has 104 valence electrons. The van der Waals surface area contributed by atoms with Gasteiger partial charge in [0, 0.05) is 20.0 Å². The van der Waals surface area contributed by atoms with Gasteiger partial charge in [-0.05, 0) is 12.8 Å². The van der Waals surface area contributed by atoms with Gasteiger partial charge in [0.15, 0.2) is 5.82 Å². The molecule has 0 radical (unpaired) electrons. The maximum atomic E-state index is 12.0. The first kappa shape index (κ1) is 13.5. The molecule has 2 N–H and O–H groups in total. The van der Waals surface area contributed by atoms with E-state index in [1.165, 1.54) is 17.8 Å². The van der Waals surface area contributed by atoms with Crippen molar-refractivity contribution >= 4 is 17.6 Å². The van der Waals surface area contributed by atoms with Gasteiger partial charge >= 0.3 is 0 Å². The Hall–Kier alpha value is -1.96. The molecule has 1 aromatic rings. The summed E-state index contributed by atoms with van der Waals surface area (Å²) in [6.07, 6.45) is 2.43. The van der Waals surface area contributed by atoms with Crippen molar-refractivity contribution in [2.24, 2.45) is 0 Å². The highest BCUT2D eigenvalue weighted by atomic mass is 16.3. The van der Waals surface area contributed by atoms with E-state index in [9.17, 15) is 14.7 Å². The summed E-state index contributed by atoms with van der Waals surface area (Å²) in [5.74, 6) is 0.0314. The summed E-state index contributed by atoms with van der Waals surface area (Å²) in [5.41, 5.74) is 0. The fraction of sp³-hybridized carbons (Fsp3) is 0.636. The predicted octanol–water partition coefficient (Wildman–Crippen LogP) is -0.780. The molecule has 2 amide bonds. The van der Waals surface area contributed by atoms with E-state index in [4.69, 9.17) is 0 Å². The number of hydrogen-bond acceptors (Lipinski definition) is 5.